The summed E-state index contributed by atoms with van der Waals surface area (Å²) in [4.78, 5) is 16.7. The van der Waals surface area contributed by atoms with Gasteiger partial charge in [0.15, 0.2) is 11.5 Å². The molecule has 7 nitrogen and oxygen atoms in total. The number of thiophene rings is 1. The minimum atomic E-state index is -3.71. The monoisotopic (exact) mass is 393 g/mol. The Morgan fingerprint density at radius 2 is 2.00 bits per heavy atom. The summed E-state index contributed by atoms with van der Waals surface area (Å²) in [6.07, 6.45) is 0. The zero-order chi connectivity index (χ0) is 18.9. The molecule has 1 amide bonds. The molecule has 138 valence electrons. The molecule has 2 aromatic heterocycles. The van der Waals surface area contributed by atoms with Crippen molar-refractivity contribution in [2.75, 3.05) is 5.32 Å². The second-order valence-electron chi connectivity index (χ2n) is 6.15. The first kappa shape index (κ1) is 18.6. The molecule has 1 unspecified atom stereocenters. The lowest BCUT2D eigenvalue weighted by molar-refractivity contribution is -0.117. The number of hydrogen-bond acceptors (Lipinski definition) is 6. The van der Waals surface area contributed by atoms with E-state index in [2.05, 4.69) is 15.0 Å². The zero-order valence-electron chi connectivity index (χ0n) is 14.5. The number of carbonyl (C=O) groups excluding carboxylic acids is 1. The fourth-order valence-electron chi connectivity index (χ4n) is 2.28. The molecule has 1 aromatic carbocycles. The van der Waals surface area contributed by atoms with Gasteiger partial charge in [-0.05, 0) is 36.6 Å². The van der Waals surface area contributed by atoms with E-state index in [0.29, 0.717) is 22.7 Å². The average Bonchev–Trinajstić information content (AvgIpc) is 3.24. The van der Waals surface area contributed by atoms with Gasteiger partial charge >= 0.3 is 0 Å². The highest BCUT2D eigenvalue weighted by Gasteiger charge is 2.23. The molecule has 0 aliphatic heterocycles. The van der Waals surface area contributed by atoms with E-state index in [4.69, 9.17) is 4.42 Å². The van der Waals surface area contributed by atoms with Crippen LogP contribution in [0.2, 0.25) is 0 Å². The Morgan fingerprint density at radius 1 is 1.23 bits per heavy atom. The SMILES string of the molecule is CC(NS(=O)(=O)c1cccs1)C(=O)Nc1ccc2oc(C(C)C)nc2c1. The lowest BCUT2D eigenvalue weighted by atomic mass is 10.2. The molecule has 0 aliphatic rings. The van der Waals surface area contributed by atoms with Crippen LogP contribution in [0.1, 0.15) is 32.6 Å². The van der Waals surface area contributed by atoms with Crippen LogP contribution in [-0.4, -0.2) is 25.4 Å². The summed E-state index contributed by atoms with van der Waals surface area (Å²) in [6, 6.07) is 7.32. The normalized spacial score (nSPS) is 13.2. The van der Waals surface area contributed by atoms with Crippen LogP contribution in [0, 0.1) is 0 Å². The van der Waals surface area contributed by atoms with Crippen LogP contribution in [0.15, 0.2) is 44.3 Å². The van der Waals surface area contributed by atoms with Gasteiger partial charge in [-0.3, -0.25) is 4.79 Å². The first-order chi connectivity index (χ1) is 12.3. The Morgan fingerprint density at radius 3 is 2.65 bits per heavy atom. The molecule has 2 heterocycles. The van der Waals surface area contributed by atoms with Crippen LogP contribution in [0.4, 0.5) is 5.69 Å². The van der Waals surface area contributed by atoms with E-state index >= 15 is 0 Å². The molecule has 3 rings (SSSR count). The molecule has 9 heteroatoms. The van der Waals surface area contributed by atoms with Gasteiger partial charge in [-0.1, -0.05) is 19.9 Å². The second kappa shape index (κ2) is 7.18. The Labute approximate surface area is 155 Å². The van der Waals surface area contributed by atoms with Gasteiger partial charge in [-0.25, -0.2) is 13.4 Å². The molecule has 2 N–H and O–H groups in total. The highest BCUT2D eigenvalue weighted by molar-refractivity contribution is 7.91. The molecule has 0 aliphatic carbocycles. The number of hydrogen-bond donors (Lipinski definition) is 2. The molecule has 0 saturated carbocycles. The standard InChI is InChI=1S/C17H19N3O4S2/c1-10(2)17-19-13-9-12(6-7-14(13)24-17)18-16(21)11(3)20-26(22,23)15-5-4-8-25-15/h4-11,20H,1-3H3,(H,18,21). The summed E-state index contributed by atoms with van der Waals surface area (Å²) < 4.78 is 32.6. The van der Waals surface area contributed by atoms with Crippen LogP contribution in [0.3, 0.4) is 0 Å². The molecule has 0 saturated heterocycles. The Bertz CT molecular complexity index is 1020. The average molecular weight is 393 g/mol. The van der Waals surface area contributed by atoms with Crippen LogP contribution in [0.5, 0.6) is 0 Å². The van der Waals surface area contributed by atoms with Crippen molar-refractivity contribution in [1.82, 2.24) is 9.71 Å². The van der Waals surface area contributed by atoms with Crippen molar-refractivity contribution in [2.45, 2.75) is 36.9 Å². The smallest absolute Gasteiger partial charge is 0.250 e. The molecule has 26 heavy (non-hydrogen) atoms. The van der Waals surface area contributed by atoms with Crippen molar-refractivity contribution in [2.24, 2.45) is 0 Å². The first-order valence-electron chi connectivity index (χ1n) is 8.03. The number of nitrogens with one attached hydrogen (secondary N) is 2. The lowest BCUT2D eigenvalue weighted by Crippen LogP contribution is -2.41. The van der Waals surface area contributed by atoms with Crippen LogP contribution in [-0.2, 0) is 14.8 Å². The van der Waals surface area contributed by atoms with E-state index in [9.17, 15) is 13.2 Å². The number of fused-ring (bicyclic) bond motifs is 1. The largest absolute Gasteiger partial charge is 0.440 e. The third kappa shape index (κ3) is 3.95. The van der Waals surface area contributed by atoms with E-state index in [1.54, 1.807) is 29.6 Å². The number of oxazole rings is 1. The molecular weight excluding hydrogens is 374 g/mol. The summed E-state index contributed by atoms with van der Waals surface area (Å²) >= 11 is 1.09. The van der Waals surface area contributed by atoms with Crippen LogP contribution >= 0.6 is 11.3 Å². The van der Waals surface area contributed by atoms with Crippen LogP contribution in [0.25, 0.3) is 11.1 Å². The highest BCUT2D eigenvalue weighted by Crippen LogP contribution is 2.24. The molecule has 0 spiro atoms. The minimum Gasteiger partial charge on any atom is -0.440 e. The lowest BCUT2D eigenvalue weighted by Gasteiger charge is -2.13. The first-order valence-corrected chi connectivity index (χ1v) is 10.4. The molecule has 0 bridgehead atoms. The second-order valence-corrected chi connectivity index (χ2v) is 9.04. The van der Waals surface area contributed by atoms with E-state index in [-0.39, 0.29) is 10.1 Å². The van der Waals surface area contributed by atoms with Crippen molar-refractivity contribution in [3.8, 4) is 0 Å². The number of benzene rings is 1. The van der Waals surface area contributed by atoms with Crippen LogP contribution < -0.4 is 10.0 Å². The van der Waals surface area contributed by atoms with Gasteiger partial charge in [0.1, 0.15) is 9.73 Å². The van der Waals surface area contributed by atoms with Gasteiger partial charge in [0.2, 0.25) is 5.91 Å². The predicted octanol–water partition coefficient (Wildman–Crippen LogP) is 3.32. The number of nitrogens with zero attached hydrogens (tertiary/aromatic N) is 1. The molecule has 1 atom stereocenters. The number of rotatable bonds is 6. The quantitative estimate of drug-likeness (QED) is 0.669. The van der Waals surface area contributed by atoms with Crippen molar-refractivity contribution < 1.29 is 17.6 Å². The third-order valence-corrected chi connectivity index (χ3v) is 6.59. The molecule has 0 fully saturated rings. The maximum absolute atomic E-state index is 12.3. The maximum Gasteiger partial charge on any atom is 0.250 e. The summed E-state index contributed by atoms with van der Waals surface area (Å²) in [5.74, 6) is 0.324. The summed E-state index contributed by atoms with van der Waals surface area (Å²) in [6.45, 7) is 5.45. The summed E-state index contributed by atoms with van der Waals surface area (Å²) in [5, 5.41) is 4.36. The maximum atomic E-state index is 12.3. The van der Waals surface area contributed by atoms with E-state index < -0.39 is 22.0 Å². The fourth-order valence-corrected chi connectivity index (χ4v) is 4.49. The predicted molar refractivity (Wildman–Crippen MR) is 101 cm³/mol. The van der Waals surface area contributed by atoms with Gasteiger partial charge in [-0.15, -0.1) is 11.3 Å². The van der Waals surface area contributed by atoms with Crippen molar-refractivity contribution in [3.63, 3.8) is 0 Å². The Kier molecular flexibility index (Phi) is 5.12. The van der Waals surface area contributed by atoms with Gasteiger partial charge in [0, 0.05) is 11.6 Å². The van der Waals surface area contributed by atoms with Gasteiger partial charge in [-0.2, -0.15) is 4.72 Å². The van der Waals surface area contributed by atoms with Crippen molar-refractivity contribution in [1.29, 1.82) is 0 Å². The third-order valence-electron chi connectivity index (χ3n) is 3.65. The van der Waals surface area contributed by atoms with Gasteiger partial charge < -0.3 is 9.73 Å². The minimum absolute atomic E-state index is 0.159. The summed E-state index contributed by atoms with van der Waals surface area (Å²) in [7, 11) is -3.71. The molecule has 3 aromatic rings. The van der Waals surface area contributed by atoms with Gasteiger partial charge in [0.25, 0.3) is 10.0 Å². The summed E-state index contributed by atoms with van der Waals surface area (Å²) in [5.41, 5.74) is 1.80. The topological polar surface area (TPSA) is 101 Å². The Balaban J connectivity index is 1.71. The molecule has 0 radical (unpaired) electrons. The Hall–Kier alpha value is -2.23. The highest BCUT2D eigenvalue weighted by atomic mass is 32.2. The fraction of sp³-hybridized carbons (Fsp3) is 0.294. The van der Waals surface area contributed by atoms with Gasteiger partial charge in [0.05, 0.1) is 6.04 Å². The zero-order valence-corrected chi connectivity index (χ0v) is 16.1. The number of carbonyl (C=O) groups is 1. The van der Waals surface area contributed by atoms with Crippen molar-refractivity contribution >= 4 is 44.1 Å². The number of aromatic nitrogens is 1. The van der Waals surface area contributed by atoms with Crippen molar-refractivity contribution in [3.05, 3.63) is 41.6 Å². The van der Waals surface area contributed by atoms with E-state index in [0.717, 1.165) is 11.3 Å². The van der Waals surface area contributed by atoms with E-state index in [1.807, 2.05) is 13.8 Å². The number of anilines is 1. The molecular formula is C17H19N3O4S2. The number of amides is 1. The van der Waals surface area contributed by atoms with E-state index in [1.165, 1.54) is 13.0 Å². The number of sulfonamides is 1.